The molecule has 0 saturated heterocycles. The highest BCUT2D eigenvalue weighted by Gasteiger charge is 2.05. The van der Waals surface area contributed by atoms with Crippen LogP contribution in [0.15, 0.2) is 24.3 Å². The Labute approximate surface area is 72.5 Å². The summed E-state index contributed by atoms with van der Waals surface area (Å²) in [6, 6.07) is 0. The molecule has 0 rings (SSSR count). The van der Waals surface area contributed by atoms with Crippen molar-refractivity contribution in [1.82, 2.24) is 0 Å². The van der Waals surface area contributed by atoms with E-state index >= 15 is 0 Å². The van der Waals surface area contributed by atoms with Crippen LogP contribution in [-0.4, -0.2) is 5.88 Å². The van der Waals surface area contributed by atoms with Gasteiger partial charge >= 0.3 is 0 Å². The number of halogens is 2. The molecular weight excluding hydrogens is 167 g/mol. The van der Waals surface area contributed by atoms with Crippen molar-refractivity contribution in [2.24, 2.45) is 5.92 Å². The maximum Gasteiger partial charge on any atom is 0.0258 e. The number of alkyl halides is 1. The number of rotatable bonds is 5. The molecule has 2 heteroatoms. The highest BCUT2D eigenvalue weighted by atomic mass is 35.5. The van der Waals surface area contributed by atoms with Crippen molar-refractivity contribution in [2.45, 2.75) is 12.8 Å². The molecule has 0 radical (unpaired) electrons. The van der Waals surface area contributed by atoms with E-state index in [4.69, 9.17) is 23.2 Å². The molecule has 0 spiro atoms. The third-order valence-corrected chi connectivity index (χ3v) is 1.82. The summed E-state index contributed by atoms with van der Waals surface area (Å²) in [7, 11) is 0. The number of hydrogen-bond acceptors (Lipinski definition) is 0. The van der Waals surface area contributed by atoms with E-state index in [1.54, 1.807) is 0 Å². The second-order valence-electron chi connectivity index (χ2n) is 2.27. The Balaban J connectivity index is 3.59. The standard InChI is InChI=1S/C8H12Cl2/c1-3-4-8(6-9)5-7(2)10/h3,8H,1-2,4-6H2. The predicted octanol–water partition coefficient (Wildman–Crippen LogP) is 3.56. The van der Waals surface area contributed by atoms with E-state index in [1.165, 1.54) is 0 Å². The molecule has 10 heavy (non-hydrogen) atoms. The van der Waals surface area contributed by atoms with Crippen molar-refractivity contribution < 1.29 is 0 Å². The Bertz CT molecular complexity index is 118. The Morgan fingerprint density at radius 1 is 1.60 bits per heavy atom. The Morgan fingerprint density at radius 3 is 2.50 bits per heavy atom. The normalized spacial score (nSPS) is 12.6. The fourth-order valence-corrected chi connectivity index (χ4v) is 1.20. The van der Waals surface area contributed by atoms with Gasteiger partial charge in [-0.3, -0.25) is 0 Å². The van der Waals surface area contributed by atoms with Gasteiger partial charge in [-0.2, -0.15) is 0 Å². The Morgan fingerprint density at radius 2 is 2.20 bits per heavy atom. The van der Waals surface area contributed by atoms with Gasteiger partial charge < -0.3 is 0 Å². The van der Waals surface area contributed by atoms with Gasteiger partial charge in [0.25, 0.3) is 0 Å². The van der Waals surface area contributed by atoms with E-state index in [0.29, 0.717) is 16.8 Å². The molecule has 0 aliphatic carbocycles. The molecule has 0 fully saturated rings. The lowest BCUT2D eigenvalue weighted by Gasteiger charge is -2.08. The van der Waals surface area contributed by atoms with Crippen molar-refractivity contribution in [1.29, 1.82) is 0 Å². The number of hydrogen-bond donors (Lipinski definition) is 0. The summed E-state index contributed by atoms with van der Waals surface area (Å²) in [5.74, 6) is 1.03. The SMILES string of the molecule is C=CCC(CCl)CC(=C)Cl. The summed E-state index contributed by atoms with van der Waals surface area (Å²) in [5, 5.41) is 0.674. The van der Waals surface area contributed by atoms with Crippen LogP contribution >= 0.6 is 23.2 Å². The molecule has 1 unspecified atom stereocenters. The van der Waals surface area contributed by atoms with Crippen LogP contribution in [-0.2, 0) is 0 Å². The summed E-state index contributed by atoms with van der Waals surface area (Å²) in [4.78, 5) is 0. The second-order valence-corrected chi connectivity index (χ2v) is 3.11. The van der Waals surface area contributed by atoms with Crippen LogP contribution in [0.25, 0.3) is 0 Å². The van der Waals surface area contributed by atoms with E-state index in [0.717, 1.165) is 12.8 Å². The minimum absolute atomic E-state index is 0.407. The summed E-state index contributed by atoms with van der Waals surface area (Å²) >= 11 is 11.2. The lowest BCUT2D eigenvalue weighted by molar-refractivity contribution is 0.606. The lowest BCUT2D eigenvalue weighted by atomic mass is 10.0. The van der Waals surface area contributed by atoms with Crippen LogP contribution in [0, 0.1) is 5.92 Å². The first-order valence-electron chi connectivity index (χ1n) is 3.20. The van der Waals surface area contributed by atoms with E-state index < -0.39 is 0 Å². The first-order valence-corrected chi connectivity index (χ1v) is 4.12. The topological polar surface area (TPSA) is 0 Å². The highest BCUT2D eigenvalue weighted by molar-refractivity contribution is 6.29. The van der Waals surface area contributed by atoms with Gasteiger partial charge in [0.1, 0.15) is 0 Å². The van der Waals surface area contributed by atoms with Crippen molar-refractivity contribution in [3.05, 3.63) is 24.3 Å². The average molecular weight is 179 g/mol. The van der Waals surface area contributed by atoms with Gasteiger partial charge in [0.05, 0.1) is 0 Å². The summed E-state index contributed by atoms with van der Waals surface area (Å²) < 4.78 is 0. The monoisotopic (exact) mass is 178 g/mol. The molecule has 0 bridgehead atoms. The van der Waals surface area contributed by atoms with Crippen LogP contribution < -0.4 is 0 Å². The van der Waals surface area contributed by atoms with E-state index in [1.807, 2.05) is 6.08 Å². The summed E-state index contributed by atoms with van der Waals surface area (Å²) in [5.41, 5.74) is 0. The zero-order chi connectivity index (χ0) is 7.98. The minimum atomic E-state index is 0.407. The van der Waals surface area contributed by atoms with Crippen LogP contribution in [0.1, 0.15) is 12.8 Å². The van der Waals surface area contributed by atoms with Gasteiger partial charge in [-0.25, -0.2) is 0 Å². The quantitative estimate of drug-likeness (QED) is 0.447. The Kier molecular flexibility index (Phi) is 5.85. The first kappa shape index (κ1) is 10.1. The molecule has 0 aromatic heterocycles. The van der Waals surface area contributed by atoms with Crippen molar-refractivity contribution >= 4 is 23.2 Å². The maximum atomic E-state index is 5.64. The van der Waals surface area contributed by atoms with Crippen molar-refractivity contribution in [3.8, 4) is 0 Å². The molecule has 1 atom stereocenters. The van der Waals surface area contributed by atoms with Crippen molar-refractivity contribution in [2.75, 3.05) is 5.88 Å². The molecule has 0 aliphatic heterocycles. The molecule has 0 aliphatic rings. The summed E-state index contributed by atoms with van der Waals surface area (Å²) in [6.45, 7) is 7.22. The minimum Gasteiger partial charge on any atom is -0.126 e. The first-order chi connectivity index (χ1) is 4.70. The zero-order valence-corrected chi connectivity index (χ0v) is 7.46. The smallest absolute Gasteiger partial charge is 0.0258 e. The van der Waals surface area contributed by atoms with E-state index in [2.05, 4.69) is 13.2 Å². The molecule has 0 amide bonds. The van der Waals surface area contributed by atoms with Crippen LogP contribution in [0.5, 0.6) is 0 Å². The molecule has 0 heterocycles. The van der Waals surface area contributed by atoms with E-state index in [9.17, 15) is 0 Å². The molecule has 58 valence electrons. The second kappa shape index (κ2) is 5.82. The molecule has 0 N–H and O–H groups in total. The molecule has 0 aromatic carbocycles. The van der Waals surface area contributed by atoms with Gasteiger partial charge in [-0.15, -0.1) is 18.2 Å². The van der Waals surface area contributed by atoms with Crippen LogP contribution in [0.3, 0.4) is 0 Å². The molecule has 0 nitrogen and oxygen atoms in total. The maximum absolute atomic E-state index is 5.64. The number of allylic oxidation sites excluding steroid dienone is 2. The average Bonchev–Trinajstić information content (AvgIpc) is 1.86. The van der Waals surface area contributed by atoms with Gasteiger partial charge in [0, 0.05) is 10.9 Å². The van der Waals surface area contributed by atoms with Crippen LogP contribution in [0.4, 0.5) is 0 Å². The van der Waals surface area contributed by atoms with Gasteiger partial charge in [-0.1, -0.05) is 24.3 Å². The van der Waals surface area contributed by atoms with Gasteiger partial charge in [0.15, 0.2) is 0 Å². The van der Waals surface area contributed by atoms with Crippen molar-refractivity contribution in [3.63, 3.8) is 0 Å². The molecular formula is C8H12Cl2. The van der Waals surface area contributed by atoms with E-state index in [-0.39, 0.29) is 0 Å². The third-order valence-electron chi connectivity index (χ3n) is 1.23. The molecule has 0 saturated carbocycles. The third kappa shape index (κ3) is 4.89. The van der Waals surface area contributed by atoms with Gasteiger partial charge in [-0.05, 0) is 18.8 Å². The predicted molar refractivity (Wildman–Crippen MR) is 48.6 cm³/mol. The van der Waals surface area contributed by atoms with Crippen LogP contribution in [0.2, 0.25) is 0 Å². The highest BCUT2D eigenvalue weighted by Crippen LogP contribution is 2.18. The fourth-order valence-electron chi connectivity index (χ4n) is 0.750. The Hall–Kier alpha value is 0.0600. The largest absolute Gasteiger partial charge is 0.126 e. The van der Waals surface area contributed by atoms with Gasteiger partial charge in [0.2, 0.25) is 0 Å². The zero-order valence-electron chi connectivity index (χ0n) is 5.95. The summed E-state index contributed by atoms with van der Waals surface area (Å²) in [6.07, 6.45) is 3.55. The fraction of sp³-hybridized carbons (Fsp3) is 0.500. The lowest BCUT2D eigenvalue weighted by Crippen LogP contribution is -1.99. The molecule has 0 aromatic rings.